The van der Waals surface area contributed by atoms with Crippen LogP contribution in [0.4, 0.5) is 13.2 Å². The van der Waals surface area contributed by atoms with E-state index in [-0.39, 0.29) is 11.9 Å². The second kappa shape index (κ2) is 7.12. The Balaban J connectivity index is 2.54. The molecule has 0 aromatic carbocycles. The van der Waals surface area contributed by atoms with Crippen molar-refractivity contribution in [3.8, 4) is 0 Å². The molecule has 3 nitrogen and oxygen atoms in total. The van der Waals surface area contributed by atoms with Crippen LogP contribution in [0.15, 0.2) is 0 Å². The normalized spacial score (nSPS) is 24.6. The van der Waals surface area contributed by atoms with E-state index in [9.17, 15) is 18.0 Å². The summed E-state index contributed by atoms with van der Waals surface area (Å²) in [6.45, 7) is 4.03. The summed E-state index contributed by atoms with van der Waals surface area (Å²) in [5.74, 6) is 0.347. The maximum Gasteiger partial charge on any atom is 0.401 e. The Labute approximate surface area is 112 Å². The summed E-state index contributed by atoms with van der Waals surface area (Å²) in [6, 6.07) is -0.249. The average Bonchev–Trinajstić information content (AvgIpc) is 2.35. The van der Waals surface area contributed by atoms with Gasteiger partial charge in [-0.3, -0.25) is 4.79 Å². The fourth-order valence-electron chi connectivity index (χ4n) is 2.48. The number of hydrogen-bond acceptors (Lipinski definition) is 2. The minimum Gasteiger partial charge on any atom is -0.341 e. The molecule has 2 atom stereocenters. The van der Waals surface area contributed by atoms with Crippen LogP contribution in [-0.2, 0) is 4.79 Å². The first kappa shape index (κ1) is 16.3. The van der Waals surface area contributed by atoms with Crippen molar-refractivity contribution in [3.05, 3.63) is 0 Å². The third-order valence-electron chi connectivity index (χ3n) is 3.52. The van der Waals surface area contributed by atoms with Gasteiger partial charge in [0.1, 0.15) is 0 Å². The van der Waals surface area contributed by atoms with Gasteiger partial charge in [-0.25, -0.2) is 0 Å². The minimum atomic E-state index is -4.20. The van der Waals surface area contributed by atoms with Crippen LogP contribution in [0.5, 0.6) is 0 Å². The van der Waals surface area contributed by atoms with Gasteiger partial charge in [0.25, 0.3) is 0 Å². The lowest BCUT2D eigenvalue weighted by atomic mass is 9.92. The maximum absolute atomic E-state index is 12.2. The van der Waals surface area contributed by atoms with Gasteiger partial charge in [-0.2, -0.15) is 13.2 Å². The molecule has 112 valence electrons. The maximum atomic E-state index is 12.2. The smallest absolute Gasteiger partial charge is 0.341 e. The zero-order valence-electron chi connectivity index (χ0n) is 11.6. The molecular weight excluding hydrogens is 257 g/mol. The number of alkyl halides is 3. The minimum absolute atomic E-state index is 0.0551. The summed E-state index contributed by atoms with van der Waals surface area (Å²) in [4.78, 5) is 13.6. The Morgan fingerprint density at radius 2 is 2.00 bits per heavy atom. The first-order valence-corrected chi connectivity index (χ1v) is 6.93. The lowest BCUT2D eigenvalue weighted by Gasteiger charge is -2.38. The van der Waals surface area contributed by atoms with Gasteiger partial charge in [0, 0.05) is 25.6 Å². The van der Waals surface area contributed by atoms with Crippen molar-refractivity contribution in [3.63, 3.8) is 0 Å². The van der Waals surface area contributed by atoms with Gasteiger partial charge < -0.3 is 10.2 Å². The molecule has 2 unspecified atom stereocenters. The fourth-order valence-corrected chi connectivity index (χ4v) is 2.48. The molecule has 0 radical (unpaired) electrons. The highest BCUT2D eigenvalue weighted by Gasteiger charge is 2.32. The predicted octanol–water partition coefficient (Wildman–Crippen LogP) is 2.57. The lowest BCUT2D eigenvalue weighted by molar-refractivity contribution is -0.135. The van der Waals surface area contributed by atoms with E-state index in [4.69, 9.17) is 0 Å². The summed E-state index contributed by atoms with van der Waals surface area (Å²) in [7, 11) is 0. The monoisotopic (exact) mass is 280 g/mol. The Morgan fingerprint density at radius 1 is 1.32 bits per heavy atom. The summed E-state index contributed by atoms with van der Waals surface area (Å²) in [6.07, 6.45) is -1.35. The Hall–Kier alpha value is -0.780. The summed E-state index contributed by atoms with van der Waals surface area (Å²) < 4.78 is 36.7. The molecule has 0 aromatic rings. The summed E-state index contributed by atoms with van der Waals surface area (Å²) in [5.41, 5.74) is 0. The van der Waals surface area contributed by atoms with E-state index in [1.807, 2.05) is 13.8 Å². The van der Waals surface area contributed by atoms with Gasteiger partial charge in [-0.1, -0.05) is 20.3 Å². The van der Waals surface area contributed by atoms with Crippen LogP contribution in [0.2, 0.25) is 0 Å². The van der Waals surface area contributed by atoms with Crippen molar-refractivity contribution in [2.24, 2.45) is 5.92 Å². The highest BCUT2D eigenvalue weighted by molar-refractivity contribution is 5.76. The lowest BCUT2D eigenvalue weighted by Crippen LogP contribution is -2.52. The van der Waals surface area contributed by atoms with Crippen LogP contribution >= 0.6 is 0 Å². The van der Waals surface area contributed by atoms with E-state index in [1.54, 1.807) is 4.90 Å². The zero-order chi connectivity index (χ0) is 14.5. The molecule has 1 N–H and O–H groups in total. The molecule has 1 rings (SSSR count). The summed E-state index contributed by atoms with van der Waals surface area (Å²) >= 11 is 0. The van der Waals surface area contributed by atoms with Gasteiger partial charge in [0.05, 0.1) is 6.54 Å². The quantitative estimate of drug-likeness (QED) is 0.839. The van der Waals surface area contributed by atoms with Gasteiger partial charge in [0.15, 0.2) is 0 Å². The number of carbonyl (C=O) groups is 1. The van der Waals surface area contributed by atoms with Gasteiger partial charge in [-0.05, 0) is 18.8 Å². The van der Waals surface area contributed by atoms with Crippen molar-refractivity contribution in [1.82, 2.24) is 10.2 Å². The van der Waals surface area contributed by atoms with Gasteiger partial charge in [0.2, 0.25) is 5.91 Å². The predicted molar refractivity (Wildman–Crippen MR) is 67.7 cm³/mol. The Bertz CT molecular complexity index is 294. The van der Waals surface area contributed by atoms with E-state index in [2.05, 4.69) is 5.32 Å². The SMILES string of the molecule is CCCC(=O)N1CC(CC)CC(NCC(F)(F)F)C1. The number of hydrogen-bond donors (Lipinski definition) is 1. The first-order valence-electron chi connectivity index (χ1n) is 6.93. The molecule has 6 heteroatoms. The van der Waals surface area contributed by atoms with Crippen molar-refractivity contribution >= 4 is 5.91 Å². The molecule has 1 heterocycles. The fraction of sp³-hybridized carbons (Fsp3) is 0.923. The molecule has 1 amide bonds. The molecular formula is C13H23F3N2O. The van der Waals surface area contributed by atoms with Crippen molar-refractivity contribution in [2.75, 3.05) is 19.6 Å². The zero-order valence-corrected chi connectivity index (χ0v) is 11.6. The third kappa shape index (κ3) is 5.80. The molecule has 0 spiro atoms. The van der Waals surface area contributed by atoms with Gasteiger partial charge in [-0.15, -0.1) is 0 Å². The number of amides is 1. The average molecular weight is 280 g/mol. The van der Waals surface area contributed by atoms with Crippen molar-refractivity contribution < 1.29 is 18.0 Å². The molecule has 1 fully saturated rings. The first-order chi connectivity index (χ1) is 8.85. The molecule has 0 aromatic heterocycles. The number of halogens is 3. The molecule has 1 saturated heterocycles. The highest BCUT2D eigenvalue weighted by atomic mass is 19.4. The second-order valence-electron chi connectivity index (χ2n) is 5.25. The number of nitrogens with one attached hydrogen (secondary N) is 1. The third-order valence-corrected chi connectivity index (χ3v) is 3.52. The highest BCUT2D eigenvalue weighted by Crippen LogP contribution is 2.22. The number of nitrogens with zero attached hydrogens (tertiary/aromatic N) is 1. The number of rotatable bonds is 5. The van der Waals surface area contributed by atoms with E-state index in [0.717, 1.165) is 12.8 Å². The van der Waals surface area contributed by atoms with Crippen molar-refractivity contribution in [2.45, 2.75) is 51.7 Å². The number of piperidine rings is 1. The molecule has 0 saturated carbocycles. The summed E-state index contributed by atoms with van der Waals surface area (Å²) in [5, 5.41) is 2.53. The van der Waals surface area contributed by atoms with Crippen LogP contribution in [0.1, 0.15) is 39.5 Å². The number of carbonyl (C=O) groups excluding carboxylic acids is 1. The van der Waals surface area contributed by atoms with Crippen LogP contribution in [0.3, 0.4) is 0 Å². The second-order valence-corrected chi connectivity index (χ2v) is 5.25. The molecule has 1 aliphatic heterocycles. The van der Waals surface area contributed by atoms with Gasteiger partial charge >= 0.3 is 6.18 Å². The topological polar surface area (TPSA) is 32.3 Å². The van der Waals surface area contributed by atoms with Crippen LogP contribution in [0, 0.1) is 5.92 Å². The van der Waals surface area contributed by atoms with Crippen molar-refractivity contribution in [1.29, 1.82) is 0 Å². The van der Waals surface area contributed by atoms with Crippen LogP contribution in [0.25, 0.3) is 0 Å². The molecule has 19 heavy (non-hydrogen) atoms. The Morgan fingerprint density at radius 3 is 2.53 bits per heavy atom. The Kier molecular flexibility index (Phi) is 6.10. The standard InChI is InChI=1S/C13H23F3N2O/c1-3-5-12(19)18-7-10(4-2)6-11(8-18)17-9-13(14,15)16/h10-11,17H,3-9H2,1-2H3. The van der Waals surface area contributed by atoms with Crippen LogP contribution in [-0.4, -0.2) is 42.7 Å². The number of likely N-dealkylation sites (tertiary alicyclic amines) is 1. The molecule has 0 bridgehead atoms. The molecule has 0 aliphatic carbocycles. The van der Waals surface area contributed by atoms with E-state index in [1.165, 1.54) is 0 Å². The van der Waals surface area contributed by atoms with E-state index in [0.29, 0.717) is 31.8 Å². The van der Waals surface area contributed by atoms with E-state index >= 15 is 0 Å². The molecule has 1 aliphatic rings. The van der Waals surface area contributed by atoms with E-state index < -0.39 is 12.7 Å². The largest absolute Gasteiger partial charge is 0.401 e. The van der Waals surface area contributed by atoms with Crippen LogP contribution < -0.4 is 5.32 Å².